The molecule has 0 fully saturated rings. The van der Waals surface area contributed by atoms with E-state index in [2.05, 4.69) is 4.74 Å². The molecule has 8 nitrogen and oxygen atoms in total. The lowest BCUT2D eigenvalue weighted by Gasteiger charge is -2.05. The van der Waals surface area contributed by atoms with Gasteiger partial charge in [0, 0.05) is 0 Å². The van der Waals surface area contributed by atoms with E-state index in [1.54, 1.807) is 0 Å². The first kappa shape index (κ1) is 14.1. The highest BCUT2D eigenvalue weighted by Gasteiger charge is 2.37. The van der Waals surface area contributed by atoms with E-state index in [0.717, 1.165) is 13.2 Å². The van der Waals surface area contributed by atoms with Crippen LogP contribution < -0.4 is 0 Å². The van der Waals surface area contributed by atoms with Gasteiger partial charge in [0.15, 0.2) is 0 Å². The van der Waals surface area contributed by atoms with Crippen LogP contribution in [0, 0.1) is 20.2 Å². The van der Waals surface area contributed by atoms with Gasteiger partial charge >= 0.3 is 17.3 Å². The first-order valence-electron chi connectivity index (χ1n) is 4.20. The maximum absolute atomic E-state index is 11.4. The smallest absolute Gasteiger partial charge is 0.352 e. The highest BCUT2D eigenvalue weighted by Crippen LogP contribution is 2.40. The molecule has 0 spiro atoms. The summed E-state index contributed by atoms with van der Waals surface area (Å²) < 4.78 is 4.26. The van der Waals surface area contributed by atoms with Crippen molar-refractivity contribution in [2.24, 2.45) is 0 Å². The number of esters is 1. The number of nitro groups is 2. The molecule has 0 aliphatic rings. The van der Waals surface area contributed by atoms with Gasteiger partial charge < -0.3 is 4.74 Å². The summed E-state index contributed by atoms with van der Waals surface area (Å²) >= 11 is 11.1. The van der Waals surface area contributed by atoms with Gasteiger partial charge in [0.05, 0.1) is 17.0 Å². The largest absolute Gasteiger partial charge is 0.465 e. The number of nitrogens with zero attached hydrogens (tertiary/aromatic N) is 2. The molecule has 1 rings (SSSR count). The van der Waals surface area contributed by atoms with Gasteiger partial charge in [-0.1, -0.05) is 23.2 Å². The zero-order chi connectivity index (χ0) is 14.0. The molecule has 18 heavy (non-hydrogen) atoms. The first-order valence-corrected chi connectivity index (χ1v) is 4.96. The van der Waals surface area contributed by atoms with Crippen molar-refractivity contribution >= 4 is 40.5 Å². The lowest BCUT2D eigenvalue weighted by Crippen LogP contribution is -2.10. The third kappa shape index (κ3) is 2.34. The third-order valence-corrected chi connectivity index (χ3v) is 2.51. The van der Waals surface area contributed by atoms with Crippen molar-refractivity contribution in [3.8, 4) is 0 Å². The second-order valence-electron chi connectivity index (χ2n) is 2.92. The van der Waals surface area contributed by atoms with E-state index in [9.17, 15) is 25.0 Å². The molecule has 0 radical (unpaired) electrons. The van der Waals surface area contributed by atoms with Crippen LogP contribution in [0.25, 0.3) is 0 Å². The van der Waals surface area contributed by atoms with Crippen LogP contribution in [0.15, 0.2) is 6.07 Å². The Kier molecular flexibility index (Phi) is 4.04. The second-order valence-corrected chi connectivity index (χ2v) is 3.73. The quantitative estimate of drug-likeness (QED) is 0.481. The first-order chi connectivity index (χ1) is 8.31. The Labute approximate surface area is 109 Å². The summed E-state index contributed by atoms with van der Waals surface area (Å²) in [5.41, 5.74) is -2.72. The molecule has 0 saturated heterocycles. The molecule has 0 amide bonds. The average Bonchev–Trinajstić information content (AvgIpc) is 2.25. The Bertz CT molecular complexity index is 521. The molecular formula is C8H4Cl2N2O6. The van der Waals surface area contributed by atoms with Crippen molar-refractivity contribution in [2.75, 3.05) is 7.11 Å². The van der Waals surface area contributed by atoms with Crippen LogP contribution in [0.5, 0.6) is 0 Å². The molecule has 0 heterocycles. The molecule has 1 aromatic rings. The minimum absolute atomic E-state index is 0.490. The lowest BCUT2D eigenvalue weighted by molar-refractivity contribution is -0.394. The van der Waals surface area contributed by atoms with Crippen LogP contribution in [0.4, 0.5) is 11.4 Å². The predicted molar refractivity (Wildman–Crippen MR) is 61.1 cm³/mol. The highest BCUT2D eigenvalue weighted by atomic mass is 35.5. The predicted octanol–water partition coefficient (Wildman–Crippen LogP) is 2.60. The van der Waals surface area contributed by atoms with Gasteiger partial charge in [0.2, 0.25) is 5.56 Å². The van der Waals surface area contributed by atoms with E-state index in [4.69, 9.17) is 23.2 Å². The zero-order valence-electron chi connectivity index (χ0n) is 8.68. The van der Waals surface area contributed by atoms with Gasteiger partial charge in [-0.2, -0.15) is 0 Å². The summed E-state index contributed by atoms with van der Waals surface area (Å²) in [6, 6.07) is 0.825. The third-order valence-electron chi connectivity index (χ3n) is 1.93. The molecule has 0 N–H and O–H groups in total. The minimum atomic E-state index is -1.27. The monoisotopic (exact) mass is 294 g/mol. The molecule has 0 aliphatic heterocycles. The standard InChI is InChI=1S/C8H4Cl2N2O6/c1-18-8(13)5-6(11(14)15)3(9)2-4(10)7(5)12(16)17/h2H,1H3. The number of halogens is 2. The maximum atomic E-state index is 11.4. The normalized spacial score (nSPS) is 9.94. The van der Waals surface area contributed by atoms with Gasteiger partial charge in [0.1, 0.15) is 10.0 Å². The maximum Gasteiger partial charge on any atom is 0.352 e. The average molecular weight is 295 g/mol. The van der Waals surface area contributed by atoms with E-state index >= 15 is 0 Å². The van der Waals surface area contributed by atoms with E-state index in [0.29, 0.717) is 0 Å². The Hall–Kier alpha value is -1.93. The van der Waals surface area contributed by atoms with Crippen LogP contribution in [-0.4, -0.2) is 22.9 Å². The van der Waals surface area contributed by atoms with Crippen LogP contribution >= 0.6 is 23.2 Å². The molecule has 0 unspecified atom stereocenters. The summed E-state index contributed by atoms with van der Waals surface area (Å²) in [6.07, 6.45) is 0. The number of methoxy groups -OCH3 is 1. The van der Waals surface area contributed by atoms with Gasteiger partial charge in [-0.15, -0.1) is 0 Å². The highest BCUT2D eigenvalue weighted by molar-refractivity contribution is 6.38. The van der Waals surface area contributed by atoms with Gasteiger partial charge in [0.25, 0.3) is 0 Å². The topological polar surface area (TPSA) is 113 Å². The number of ether oxygens (including phenoxy) is 1. The number of rotatable bonds is 3. The summed E-state index contributed by atoms with van der Waals surface area (Å²) in [5, 5.41) is 20.6. The number of hydrogen-bond donors (Lipinski definition) is 0. The van der Waals surface area contributed by atoms with Gasteiger partial charge in [-0.25, -0.2) is 4.79 Å². The fourth-order valence-corrected chi connectivity index (χ4v) is 1.85. The summed E-state index contributed by atoms with van der Waals surface area (Å²) in [4.78, 5) is 31.0. The van der Waals surface area contributed by atoms with Crippen molar-refractivity contribution in [1.82, 2.24) is 0 Å². The molecule has 0 aromatic heterocycles. The number of nitro benzene ring substituents is 2. The fourth-order valence-electron chi connectivity index (χ4n) is 1.25. The van der Waals surface area contributed by atoms with Gasteiger partial charge in [-0.3, -0.25) is 20.2 Å². The summed E-state index contributed by atoms with van der Waals surface area (Å²) in [6.45, 7) is 0. The van der Waals surface area contributed by atoms with E-state index in [1.165, 1.54) is 0 Å². The van der Waals surface area contributed by atoms with Crippen molar-refractivity contribution in [3.63, 3.8) is 0 Å². The number of carbonyl (C=O) groups excluding carboxylic acids is 1. The van der Waals surface area contributed by atoms with E-state index in [1.807, 2.05) is 0 Å². The summed E-state index contributed by atoms with van der Waals surface area (Å²) in [7, 11) is 0.921. The molecular weight excluding hydrogens is 291 g/mol. The molecule has 0 bridgehead atoms. The lowest BCUT2D eigenvalue weighted by atomic mass is 10.1. The molecule has 1 aromatic carbocycles. The van der Waals surface area contributed by atoms with E-state index in [-0.39, 0.29) is 0 Å². The fraction of sp³-hybridized carbons (Fsp3) is 0.125. The van der Waals surface area contributed by atoms with Crippen LogP contribution in [0.2, 0.25) is 10.0 Å². The Balaban J connectivity index is 3.82. The van der Waals surface area contributed by atoms with Crippen LogP contribution in [0.1, 0.15) is 10.4 Å². The van der Waals surface area contributed by atoms with Crippen molar-refractivity contribution in [3.05, 3.63) is 41.9 Å². The minimum Gasteiger partial charge on any atom is -0.465 e. The number of benzene rings is 1. The van der Waals surface area contributed by atoms with Gasteiger partial charge in [-0.05, 0) is 6.07 Å². The number of carbonyl (C=O) groups is 1. The Morgan fingerprint density at radius 2 is 1.56 bits per heavy atom. The second kappa shape index (κ2) is 5.15. The van der Waals surface area contributed by atoms with Crippen molar-refractivity contribution in [2.45, 2.75) is 0 Å². The molecule has 0 atom stereocenters. The van der Waals surface area contributed by atoms with Crippen LogP contribution in [-0.2, 0) is 4.74 Å². The Morgan fingerprint density at radius 1 is 1.17 bits per heavy atom. The van der Waals surface area contributed by atoms with Crippen molar-refractivity contribution in [1.29, 1.82) is 0 Å². The molecule has 0 aliphatic carbocycles. The molecule has 10 heteroatoms. The summed E-state index contributed by atoms with van der Waals surface area (Å²) in [5.74, 6) is -1.27. The molecule has 96 valence electrons. The van der Waals surface area contributed by atoms with Crippen LogP contribution in [0.3, 0.4) is 0 Å². The Morgan fingerprint density at radius 3 is 1.83 bits per heavy atom. The zero-order valence-corrected chi connectivity index (χ0v) is 10.2. The number of hydrogen-bond acceptors (Lipinski definition) is 6. The van der Waals surface area contributed by atoms with Crippen molar-refractivity contribution < 1.29 is 19.4 Å². The molecule has 0 saturated carbocycles. The van der Waals surface area contributed by atoms with E-state index < -0.39 is 42.8 Å². The SMILES string of the molecule is COC(=O)c1c([N+](=O)[O-])c(Cl)cc(Cl)c1[N+](=O)[O-].